The highest BCUT2D eigenvalue weighted by atomic mass is 19.4. The number of hydrogen-bond acceptors (Lipinski definition) is 6. The second-order valence-electron chi connectivity index (χ2n) is 9.98. The molecule has 2 unspecified atom stereocenters. The van der Waals surface area contributed by atoms with E-state index in [2.05, 4.69) is 10.3 Å². The van der Waals surface area contributed by atoms with Crippen molar-refractivity contribution in [1.82, 2.24) is 20.1 Å². The van der Waals surface area contributed by atoms with Crippen molar-refractivity contribution in [2.24, 2.45) is 17.8 Å². The number of rotatable bonds is 5. The first-order chi connectivity index (χ1) is 17.7. The summed E-state index contributed by atoms with van der Waals surface area (Å²) in [6.07, 6.45) is 3.17. The summed E-state index contributed by atoms with van der Waals surface area (Å²) in [5.41, 5.74) is -0.338. The molecule has 37 heavy (non-hydrogen) atoms. The lowest BCUT2D eigenvalue weighted by molar-refractivity contribution is -0.141. The van der Waals surface area contributed by atoms with Gasteiger partial charge >= 0.3 is 6.18 Å². The van der Waals surface area contributed by atoms with Crippen LogP contribution in [0, 0.1) is 17.8 Å². The van der Waals surface area contributed by atoms with E-state index in [9.17, 15) is 27.6 Å². The topological polar surface area (TPSA) is 91.8 Å². The molecule has 2 aliphatic heterocycles. The highest BCUT2D eigenvalue weighted by Gasteiger charge is 2.44. The first-order valence-corrected chi connectivity index (χ1v) is 12.6. The number of carbonyl (C=O) groups is 3. The number of alkyl halides is 3. The molecular weight excluding hydrogens is 489 g/mol. The Labute approximate surface area is 212 Å². The zero-order valence-corrected chi connectivity index (χ0v) is 20.2. The molecule has 0 bridgehead atoms. The number of fused-ring (bicyclic) bond motifs is 1. The molecule has 3 fully saturated rings. The summed E-state index contributed by atoms with van der Waals surface area (Å²) in [7, 11) is 0. The molecule has 2 amide bonds. The van der Waals surface area contributed by atoms with Gasteiger partial charge < -0.3 is 24.6 Å². The van der Waals surface area contributed by atoms with Gasteiger partial charge in [-0.2, -0.15) is 13.2 Å². The van der Waals surface area contributed by atoms with Gasteiger partial charge in [-0.05, 0) is 43.9 Å². The van der Waals surface area contributed by atoms with Gasteiger partial charge in [0.05, 0.1) is 30.5 Å². The van der Waals surface area contributed by atoms with E-state index < -0.39 is 17.8 Å². The average Bonchev–Trinajstić information content (AvgIpc) is 3.23. The molecular formula is C26H29F3N4O4. The summed E-state index contributed by atoms with van der Waals surface area (Å²) >= 11 is 0. The standard InChI is InChI=1S/C26H29F3N4O4/c27-26(28,29)23-3-1-2-20(30-23)24(35)31-21-12-17-14-33(18-6-4-16(15-34)5-7-18)25(36)19(17)13-22(21)32-8-10-37-11-9-32/h1-3,12-13,15-19H,4-11,14H2,(H,31,35). The van der Waals surface area contributed by atoms with Crippen LogP contribution in [0.5, 0.6) is 0 Å². The number of halogens is 3. The molecule has 3 heterocycles. The largest absolute Gasteiger partial charge is 0.433 e. The summed E-state index contributed by atoms with van der Waals surface area (Å²) in [5.74, 6) is -1.22. The van der Waals surface area contributed by atoms with Crippen LogP contribution in [0.3, 0.4) is 0 Å². The molecule has 1 N–H and O–H groups in total. The zero-order valence-electron chi connectivity index (χ0n) is 20.2. The third-order valence-electron chi connectivity index (χ3n) is 7.68. The minimum absolute atomic E-state index is 0.0338. The van der Waals surface area contributed by atoms with Crippen LogP contribution in [0.15, 0.2) is 41.7 Å². The lowest BCUT2D eigenvalue weighted by Gasteiger charge is -2.35. The fourth-order valence-electron chi connectivity index (χ4n) is 5.69. The van der Waals surface area contributed by atoms with Crippen LogP contribution in [0.25, 0.3) is 0 Å². The number of likely N-dealkylation sites (tertiary alicyclic amines) is 1. The maximum absolute atomic E-state index is 13.4. The van der Waals surface area contributed by atoms with E-state index >= 15 is 0 Å². The first kappa shape index (κ1) is 25.4. The molecule has 2 atom stereocenters. The Morgan fingerprint density at radius 3 is 2.51 bits per heavy atom. The molecule has 4 aliphatic rings. The van der Waals surface area contributed by atoms with Gasteiger partial charge in [-0.15, -0.1) is 0 Å². The number of carbonyl (C=O) groups excluding carboxylic acids is 3. The van der Waals surface area contributed by atoms with Gasteiger partial charge in [-0.3, -0.25) is 9.59 Å². The van der Waals surface area contributed by atoms with E-state index in [1.54, 1.807) is 0 Å². The van der Waals surface area contributed by atoms with Gasteiger partial charge in [0.25, 0.3) is 5.91 Å². The van der Waals surface area contributed by atoms with Crippen molar-refractivity contribution in [2.45, 2.75) is 37.9 Å². The monoisotopic (exact) mass is 518 g/mol. The van der Waals surface area contributed by atoms with E-state index in [0.717, 1.165) is 44.1 Å². The molecule has 11 heteroatoms. The number of nitrogens with zero attached hydrogens (tertiary/aromatic N) is 3. The Balaban J connectivity index is 1.39. The van der Waals surface area contributed by atoms with Crippen LogP contribution in [-0.2, 0) is 20.5 Å². The van der Waals surface area contributed by atoms with E-state index in [1.165, 1.54) is 6.07 Å². The smallest absolute Gasteiger partial charge is 0.378 e. The number of amides is 2. The zero-order chi connectivity index (χ0) is 26.2. The molecule has 1 aromatic heterocycles. The third kappa shape index (κ3) is 5.27. The average molecular weight is 519 g/mol. The Hall–Kier alpha value is -3.21. The molecule has 2 saturated heterocycles. The van der Waals surface area contributed by atoms with Crippen LogP contribution in [-0.4, -0.2) is 71.8 Å². The van der Waals surface area contributed by atoms with Crippen LogP contribution >= 0.6 is 0 Å². The van der Waals surface area contributed by atoms with Crippen molar-refractivity contribution in [3.63, 3.8) is 0 Å². The lowest BCUT2D eigenvalue weighted by Crippen LogP contribution is -2.41. The summed E-state index contributed by atoms with van der Waals surface area (Å²) < 4.78 is 44.8. The molecule has 198 valence electrons. The number of ether oxygens (including phenoxy) is 1. The van der Waals surface area contributed by atoms with Crippen molar-refractivity contribution in [2.75, 3.05) is 32.8 Å². The molecule has 2 aliphatic carbocycles. The fourth-order valence-corrected chi connectivity index (χ4v) is 5.69. The highest BCUT2D eigenvalue weighted by Crippen LogP contribution is 2.39. The maximum Gasteiger partial charge on any atom is 0.433 e. The van der Waals surface area contributed by atoms with Gasteiger partial charge in [-0.25, -0.2) is 4.98 Å². The highest BCUT2D eigenvalue weighted by molar-refractivity contribution is 5.94. The quantitative estimate of drug-likeness (QED) is 0.603. The number of pyridine rings is 1. The first-order valence-electron chi connectivity index (χ1n) is 12.6. The number of aromatic nitrogens is 1. The van der Waals surface area contributed by atoms with Crippen LogP contribution in [0.1, 0.15) is 41.9 Å². The molecule has 5 rings (SSSR count). The van der Waals surface area contributed by atoms with Gasteiger partial charge in [0, 0.05) is 37.5 Å². The van der Waals surface area contributed by atoms with Crippen LogP contribution in [0.4, 0.5) is 13.2 Å². The minimum atomic E-state index is -4.66. The summed E-state index contributed by atoms with van der Waals surface area (Å²) in [6, 6.07) is 3.30. The number of nitrogens with one attached hydrogen (secondary N) is 1. The maximum atomic E-state index is 13.4. The van der Waals surface area contributed by atoms with Gasteiger partial charge in [-0.1, -0.05) is 12.1 Å². The van der Waals surface area contributed by atoms with Gasteiger partial charge in [0.1, 0.15) is 17.7 Å². The summed E-state index contributed by atoms with van der Waals surface area (Å²) in [6.45, 7) is 2.59. The van der Waals surface area contributed by atoms with Crippen LogP contribution < -0.4 is 5.32 Å². The van der Waals surface area contributed by atoms with Crippen molar-refractivity contribution < 1.29 is 32.3 Å². The third-order valence-corrected chi connectivity index (χ3v) is 7.68. The van der Waals surface area contributed by atoms with Crippen molar-refractivity contribution in [3.8, 4) is 0 Å². The predicted molar refractivity (Wildman–Crippen MR) is 126 cm³/mol. The Morgan fingerprint density at radius 2 is 1.84 bits per heavy atom. The predicted octanol–water partition coefficient (Wildman–Crippen LogP) is 2.78. The van der Waals surface area contributed by atoms with Crippen molar-refractivity contribution in [1.29, 1.82) is 0 Å². The number of aldehydes is 1. The Morgan fingerprint density at radius 1 is 1.11 bits per heavy atom. The SMILES string of the molecule is O=CC1CCC(N2CC3C=C(NC(=O)c4cccc(C(F)(F)F)n4)C(N4CCOCC4)=CC3C2=O)CC1. The second kappa shape index (κ2) is 10.3. The molecule has 0 radical (unpaired) electrons. The van der Waals surface area contributed by atoms with E-state index in [0.29, 0.717) is 44.2 Å². The summed E-state index contributed by atoms with van der Waals surface area (Å²) in [4.78, 5) is 45.0. The van der Waals surface area contributed by atoms with Crippen molar-refractivity contribution >= 4 is 18.1 Å². The van der Waals surface area contributed by atoms with Crippen LogP contribution in [0.2, 0.25) is 0 Å². The normalized spacial score (nSPS) is 28.4. The van der Waals surface area contributed by atoms with Crippen molar-refractivity contribution in [3.05, 3.63) is 53.1 Å². The molecule has 1 aromatic rings. The van der Waals surface area contributed by atoms with Gasteiger partial charge in [0.2, 0.25) is 5.91 Å². The van der Waals surface area contributed by atoms with Gasteiger partial charge in [0.15, 0.2) is 0 Å². The summed E-state index contributed by atoms with van der Waals surface area (Å²) in [5, 5.41) is 2.77. The van der Waals surface area contributed by atoms with E-state index in [-0.39, 0.29) is 35.4 Å². The molecule has 0 spiro atoms. The Bertz CT molecular complexity index is 1120. The second-order valence-corrected chi connectivity index (χ2v) is 9.98. The van der Waals surface area contributed by atoms with E-state index in [1.807, 2.05) is 22.0 Å². The fraction of sp³-hybridized carbons (Fsp3) is 0.538. The minimum Gasteiger partial charge on any atom is -0.378 e. The molecule has 1 saturated carbocycles. The Kier molecular flexibility index (Phi) is 7.06. The number of morpholine rings is 1. The lowest BCUT2D eigenvalue weighted by atomic mass is 9.86. The number of hydrogen-bond donors (Lipinski definition) is 1. The molecule has 8 nitrogen and oxygen atoms in total. The molecule has 0 aromatic carbocycles. The van der Waals surface area contributed by atoms with E-state index in [4.69, 9.17) is 4.74 Å².